The number of carbonyl (C=O) groups excluding carboxylic acids is 3. The van der Waals surface area contributed by atoms with E-state index in [-0.39, 0.29) is 50.6 Å². The summed E-state index contributed by atoms with van der Waals surface area (Å²) in [5, 5.41) is 12.1. The van der Waals surface area contributed by atoms with Crippen molar-refractivity contribution < 1.29 is 24.3 Å². The van der Waals surface area contributed by atoms with Gasteiger partial charge in [0.15, 0.2) is 0 Å². The molecule has 12 heteroatoms. The first-order valence-corrected chi connectivity index (χ1v) is 13.0. The number of likely N-dealkylation sites (tertiary alicyclic amines) is 1. The molecule has 2 heterocycles. The van der Waals surface area contributed by atoms with Crippen LogP contribution in [0.1, 0.15) is 37.3 Å². The van der Waals surface area contributed by atoms with Crippen LogP contribution in [0.15, 0.2) is 64.2 Å². The molecule has 3 amide bonds. The number of hydrogen-bond acceptors (Lipinski definition) is 6. The average Bonchev–Trinajstić information content (AvgIpc) is 2.94. The molecule has 3 aromatic rings. The van der Waals surface area contributed by atoms with Crippen molar-refractivity contribution in [3.8, 4) is 0 Å². The van der Waals surface area contributed by atoms with E-state index in [9.17, 15) is 33.9 Å². The summed E-state index contributed by atoms with van der Waals surface area (Å²) in [5.74, 6) is -3.41. The molecule has 2 atom stereocenters. The minimum absolute atomic E-state index is 0.0191. The van der Waals surface area contributed by atoms with E-state index >= 15 is 0 Å². The molecule has 1 aliphatic rings. The maximum absolute atomic E-state index is 13.8. The van der Waals surface area contributed by atoms with Gasteiger partial charge in [-0.05, 0) is 37.0 Å². The predicted octanol–water partition coefficient (Wildman–Crippen LogP) is 0.547. The number of carbonyl (C=O) groups is 4. The lowest BCUT2D eigenvalue weighted by Gasteiger charge is -2.33. The van der Waals surface area contributed by atoms with Gasteiger partial charge < -0.3 is 26.0 Å². The number of aromatic nitrogens is 2. The van der Waals surface area contributed by atoms with Gasteiger partial charge in [-0.2, -0.15) is 0 Å². The van der Waals surface area contributed by atoms with E-state index < -0.39 is 52.9 Å². The van der Waals surface area contributed by atoms with Gasteiger partial charge in [-0.15, -0.1) is 0 Å². The first kappa shape index (κ1) is 28.3. The number of aliphatic carboxylic acids is 1. The highest BCUT2D eigenvalue weighted by Gasteiger charge is 2.34. The fraction of sp³-hybridized carbons (Fsp3) is 0.357. The fourth-order valence-corrected chi connectivity index (χ4v) is 4.98. The summed E-state index contributed by atoms with van der Waals surface area (Å²) < 4.78 is 0.846. The van der Waals surface area contributed by atoms with Crippen LogP contribution in [0.3, 0.4) is 0 Å². The summed E-state index contributed by atoms with van der Waals surface area (Å²) >= 11 is 0. The van der Waals surface area contributed by atoms with Gasteiger partial charge in [-0.25, -0.2) is 9.36 Å². The summed E-state index contributed by atoms with van der Waals surface area (Å²) in [6.45, 7) is 0.353. The topological polar surface area (TPSA) is 185 Å². The molecular weight excluding hydrogens is 518 g/mol. The number of aromatic amines is 1. The number of hydrogen-bond donors (Lipinski definition) is 4. The van der Waals surface area contributed by atoms with Gasteiger partial charge in [0.2, 0.25) is 17.7 Å². The van der Waals surface area contributed by atoms with Crippen LogP contribution in [0.25, 0.3) is 10.9 Å². The minimum Gasteiger partial charge on any atom is -0.481 e. The van der Waals surface area contributed by atoms with Crippen molar-refractivity contribution in [1.82, 2.24) is 19.8 Å². The number of rotatable bonds is 10. The molecule has 2 unspecified atom stereocenters. The monoisotopic (exact) mass is 549 g/mol. The van der Waals surface area contributed by atoms with Gasteiger partial charge >= 0.3 is 11.7 Å². The summed E-state index contributed by atoms with van der Waals surface area (Å²) in [6, 6.07) is 12.8. The molecular formula is C28H31N5O7. The number of H-pyrrole nitrogens is 1. The van der Waals surface area contributed by atoms with E-state index in [1.807, 2.05) is 0 Å². The number of nitrogens with one attached hydrogen (secondary N) is 2. The molecule has 1 fully saturated rings. The Kier molecular flexibility index (Phi) is 8.77. The maximum Gasteiger partial charge on any atom is 0.329 e. The van der Waals surface area contributed by atoms with Crippen LogP contribution < -0.4 is 22.3 Å². The smallest absolute Gasteiger partial charge is 0.329 e. The van der Waals surface area contributed by atoms with Crippen LogP contribution in [0, 0.1) is 5.92 Å². The molecule has 0 saturated carbocycles. The van der Waals surface area contributed by atoms with Crippen molar-refractivity contribution in [2.75, 3.05) is 13.1 Å². The van der Waals surface area contributed by atoms with Crippen molar-refractivity contribution in [2.45, 2.75) is 44.2 Å². The van der Waals surface area contributed by atoms with E-state index in [4.69, 9.17) is 5.73 Å². The SMILES string of the molecule is NC(=O)CCC(NC(=O)C(Cc1ccccc1)n1c(=O)[nH]c2ccccc2c1=O)C(=O)N1CCC(C(=O)O)CC1. The van der Waals surface area contributed by atoms with Gasteiger partial charge in [0.25, 0.3) is 5.56 Å². The van der Waals surface area contributed by atoms with Gasteiger partial charge in [0.05, 0.1) is 16.8 Å². The number of nitrogens with two attached hydrogens (primary N) is 1. The normalized spacial score (nSPS) is 15.3. The van der Waals surface area contributed by atoms with Crippen molar-refractivity contribution in [2.24, 2.45) is 11.7 Å². The molecule has 2 aromatic carbocycles. The zero-order valence-corrected chi connectivity index (χ0v) is 21.7. The Balaban J connectivity index is 1.67. The third-order valence-electron chi connectivity index (χ3n) is 7.17. The second kappa shape index (κ2) is 12.4. The molecule has 12 nitrogen and oxygen atoms in total. The third-order valence-corrected chi connectivity index (χ3v) is 7.17. The molecule has 0 bridgehead atoms. The van der Waals surface area contributed by atoms with Crippen molar-refractivity contribution in [1.29, 1.82) is 0 Å². The molecule has 0 spiro atoms. The summed E-state index contributed by atoms with van der Waals surface area (Å²) in [5.41, 5.74) is 4.88. The lowest BCUT2D eigenvalue weighted by molar-refractivity contribution is -0.146. The van der Waals surface area contributed by atoms with Gasteiger partial charge in [-0.3, -0.25) is 24.0 Å². The highest BCUT2D eigenvalue weighted by Crippen LogP contribution is 2.20. The number of carboxylic acid groups (broad SMARTS) is 1. The highest BCUT2D eigenvalue weighted by atomic mass is 16.4. The number of piperidine rings is 1. The lowest BCUT2D eigenvalue weighted by Crippen LogP contribution is -2.54. The number of nitrogens with zero attached hydrogens (tertiary/aromatic N) is 2. The summed E-state index contributed by atoms with van der Waals surface area (Å²) in [7, 11) is 0. The molecule has 1 aliphatic heterocycles. The van der Waals surface area contributed by atoms with E-state index in [1.54, 1.807) is 54.6 Å². The number of fused-ring (bicyclic) bond motifs is 1. The van der Waals surface area contributed by atoms with Crippen molar-refractivity contribution in [3.63, 3.8) is 0 Å². The molecule has 0 aliphatic carbocycles. The molecule has 210 valence electrons. The van der Waals surface area contributed by atoms with Gasteiger partial charge in [0, 0.05) is 25.9 Å². The quantitative estimate of drug-likeness (QED) is 0.284. The van der Waals surface area contributed by atoms with Crippen molar-refractivity contribution >= 4 is 34.6 Å². The van der Waals surface area contributed by atoms with Crippen LogP contribution in [0.5, 0.6) is 0 Å². The number of para-hydroxylation sites is 1. The Morgan fingerprint density at radius 3 is 2.30 bits per heavy atom. The number of benzene rings is 2. The number of primary amides is 1. The zero-order chi connectivity index (χ0) is 28.8. The molecule has 4 rings (SSSR count). The Hall–Kier alpha value is -4.74. The Bertz CT molecular complexity index is 1520. The first-order chi connectivity index (χ1) is 19.2. The molecule has 1 aromatic heterocycles. The second-order valence-electron chi connectivity index (χ2n) is 9.86. The fourth-order valence-electron chi connectivity index (χ4n) is 4.98. The minimum atomic E-state index is -1.31. The van der Waals surface area contributed by atoms with Crippen LogP contribution in [0.2, 0.25) is 0 Å². The maximum atomic E-state index is 13.8. The lowest BCUT2D eigenvalue weighted by atomic mass is 9.96. The second-order valence-corrected chi connectivity index (χ2v) is 9.86. The van der Waals surface area contributed by atoms with Crippen LogP contribution in [-0.2, 0) is 25.6 Å². The molecule has 0 radical (unpaired) electrons. The standard InChI is InChI=1S/C28H31N5O7/c29-23(34)11-10-21(26(37)32-14-12-18(13-15-32)27(38)39)30-24(35)22(16-17-6-2-1-3-7-17)33-25(36)19-8-4-5-9-20(19)31-28(33)40/h1-9,18,21-22H,10-16H2,(H2,29,34)(H,30,35)(H,31,40)(H,38,39). The molecule has 40 heavy (non-hydrogen) atoms. The zero-order valence-electron chi connectivity index (χ0n) is 21.7. The first-order valence-electron chi connectivity index (χ1n) is 13.0. The van der Waals surface area contributed by atoms with Crippen LogP contribution in [-0.4, -0.2) is 62.4 Å². The molecule has 5 N–H and O–H groups in total. The van der Waals surface area contributed by atoms with Crippen molar-refractivity contribution in [3.05, 3.63) is 81.0 Å². The Labute approximate surface area is 228 Å². The van der Waals surface area contributed by atoms with E-state index in [1.165, 1.54) is 4.90 Å². The van der Waals surface area contributed by atoms with E-state index in [2.05, 4.69) is 10.3 Å². The largest absolute Gasteiger partial charge is 0.481 e. The highest BCUT2D eigenvalue weighted by molar-refractivity contribution is 5.90. The number of carboxylic acids is 1. The number of amides is 3. The third kappa shape index (κ3) is 6.45. The molecule has 1 saturated heterocycles. The summed E-state index contributed by atoms with van der Waals surface area (Å²) in [6.07, 6.45) is 0.211. The Morgan fingerprint density at radius 2 is 1.65 bits per heavy atom. The van der Waals surface area contributed by atoms with E-state index in [0.29, 0.717) is 11.1 Å². The van der Waals surface area contributed by atoms with Crippen LogP contribution in [0.4, 0.5) is 0 Å². The van der Waals surface area contributed by atoms with Gasteiger partial charge in [-0.1, -0.05) is 42.5 Å². The van der Waals surface area contributed by atoms with Crippen LogP contribution >= 0.6 is 0 Å². The van der Waals surface area contributed by atoms with Gasteiger partial charge in [0.1, 0.15) is 12.1 Å². The Morgan fingerprint density at radius 1 is 1.00 bits per heavy atom. The average molecular weight is 550 g/mol. The van der Waals surface area contributed by atoms with E-state index in [0.717, 1.165) is 4.57 Å². The summed E-state index contributed by atoms with van der Waals surface area (Å²) in [4.78, 5) is 80.7. The predicted molar refractivity (Wildman–Crippen MR) is 145 cm³/mol.